The normalized spacial score (nSPS) is 13.3. The molecule has 3 heterocycles. The standard InChI is InChI=1S/C21H19N3O4S/c1-12(2)19-23-14(11-29-19)9-22-18(25)13-5-6-16-17(8-13)21(27)24(20(16)26)10-15-4-3-7-28-15/h3-8,11-12H,9-10H2,1-2H3,(H,22,25). The van der Waals surface area contributed by atoms with Gasteiger partial charge in [-0.05, 0) is 30.3 Å². The Balaban J connectivity index is 1.47. The Bertz CT molecular complexity index is 1090. The fraction of sp³-hybridized carbons (Fsp3) is 0.238. The van der Waals surface area contributed by atoms with Crippen LogP contribution < -0.4 is 5.32 Å². The van der Waals surface area contributed by atoms with Gasteiger partial charge in [0.25, 0.3) is 17.7 Å². The van der Waals surface area contributed by atoms with E-state index in [2.05, 4.69) is 24.1 Å². The zero-order valence-corrected chi connectivity index (χ0v) is 16.8. The molecule has 148 valence electrons. The first-order valence-electron chi connectivity index (χ1n) is 9.19. The third-order valence-electron chi connectivity index (χ3n) is 4.62. The van der Waals surface area contributed by atoms with Crippen LogP contribution in [0.4, 0.5) is 0 Å². The maximum absolute atomic E-state index is 12.7. The number of imide groups is 1. The summed E-state index contributed by atoms with van der Waals surface area (Å²) in [4.78, 5) is 43.3. The molecule has 3 amide bonds. The molecule has 0 unspecified atom stereocenters. The number of nitrogens with zero attached hydrogens (tertiary/aromatic N) is 2. The van der Waals surface area contributed by atoms with E-state index in [9.17, 15) is 14.4 Å². The molecule has 0 bridgehead atoms. The Morgan fingerprint density at radius 1 is 1.21 bits per heavy atom. The predicted octanol–water partition coefficient (Wildman–Crippen LogP) is 3.59. The third-order valence-corrected chi connectivity index (χ3v) is 5.81. The molecule has 1 aliphatic heterocycles. The summed E-state index contributed by atoms with van der Waals surface area (Å²) in [6, 6.07) is 7.93. The van der Waals surface area contributed by atoms with Crippen molar-refractivity contribution in [3.8, 4) is 0 Å². The predicted molar refractivity (Wildman–Crippen MR) is 107 cm³/mol. The van der Waals surface area contributed by atoms with E-state index >= 15 is 0 Å². The summed E-state index contributed by atoms with van der Waals surface area (Å²) in [5, 5.41) is 5.76. The highest BCUT2D eigenvalue weighted by Crippen LogP contribution is 2.26. The molecule has 2 aromatic heterocycles. The molecule has 8 heteroatoms. The number of nitrogens with one attached hydrogen (secondary N) is 1. The van der Waals surface area contributed by atoms with Crippen LogP contribution in [-0.4, -0.2) is 27.6 Å². The number of hydrogen-bond acceptors (Lipinski definition) is 6. The fourth-order valence-corrected chi connectivity index (χ4v) is 3.91. The zero-order valence-electron chi connectivity index (χ0n) is 16.0. The highest BCUT2D eigenvalue weighted by atomic mass is 32.1. The minimum atomic E-state index is -0.433. The molecule has 1 aromatic carbocycles. The van der Waals surface area contributed by atoms with Crippen molar-refractivity contribution in [1.29, 1.82) is 0 Å². The number of amides is 3. The van der Waals surface area contributed by atoms with Crippen LogP contribution >= 0.6 is 11.3 Å². The van der Waals surface area contributed by atoms with Crippen LogP contribution in [0.5, 0.6) is 0 Å². The molecule has 1 aliphatic rings. The first-order chi connectivity index (χ1) is 13.9. The van der Waals surface area contributed by atoms with Crippen LogP contribution in [0.15, 0.2) is 46.4 Å². The van der Waals surface area contributed by atoms with E-state index in [1.807, 2.05) is 5.38 Å². The van der Waals surface area contributed by atoms with Crippen LogP contribution in [0.25, 0.3) is 0 Å². The zero-order chi connectivity index (χ0) is 20.5. The van der Waals surface area contributed by atoms with Gasteiger partial charge in [-0.3, -0.25) is 19.3 Å². The van der Waals surface area contributed by atoms with Crippen molar-refractivity contribution >= 4 is 29.1 Å². The highest BCUT2D eigenvalue weighted by Gasteiger charge is 2.36. The monoisotopic (exact) mass is 409 g/mol. The number of thiazole rings is 1. The molecule has 1 N–H and O–H groups in total. The molecule has 0 radical (unpaired) electrons. The second kappa shape index (κ2) is 7.63. The van der Waals surface area contributed by atoms with Crippen LogP contribution in [0.3, 0.4) is 0 Å². The average Bonchev–Trinajstić information content (AvgIpc) is 3.44. The van der Waals surface area contributed by atoms with E-state index in [4.69, 9.17) is 4.42 Å². The SMILES string of the molecule is CC(C)c1nc(CNC(=O)c2ccc3c(c2)C(=O)N(Cc2ccco2)C3=O)cs1. The van der Waals surface area contributed by atoms with Crippen molar-refractivity contribution in [2.24, 2.45) is 0 Å². The van der Waals surface area contributed by atoms with Crippen molar-refractivity contribution in [3.63, 3.8) is 0 Å². The minimum Gasteiger partial charge on any atom is -0.467 e. The number of carbonyl (C=O) groups excluding carboxylic acids is 3. The maximum atomic E-state index is 12.7. The molecular formula is C21H19N3O4S. The van der Waals surface area contributed by atoms with E-state index < -0.39 is 11.8 Å². The van der Waals surface area contributed by atoms with Crippen molar-refractivity contribution < 1.29 is 18.8 Å². The molecule has 0 saturated heterocycles. The molecule has 0 aliphatic carbocycles. The lowest BCUT2D eigenvalue weighted by atomic mass is 10.1. The van der Waals surface area contributed by atoms with Gasteiger partial charge in [0.15, 0.2) is 0 Å². The quantitative estimate of drug-likeness (QED) is 0.628. The Hall–Kier alpha value is -3.26. The molecule has 0 saturated carbocycles. The van der Waals surface area contributed by atoms with Gasteiger partial charge in [0.2, 0.25) is 0 Å². The molecule has 0 atom stereocenters. The number of hydrogen-bond donors (Lipinski definition) is 1. The first kappa shape index (κ1) is 19.1. The molecule has 0 spiro atoms. The number of aromatic nitrogens is 1. The summed E-state index contributed by atoms with van der Waals surface area (Å²) >= 11 is 1.57. The van der Waals surface area contributed by atoms with E-state index in [0.717, 1.165) is 15.6 Å². The van der Waals surface area contributed by atoms with Gasteiger partial charge >= 0.3 is 0 Å². The number of benzene rings is 1. The number of fused-ring (bicyclic) bond motifs is 1. The highest BCUT2D eigenvalue weighted by molar-refractivity contribution is 7.09. The molecule has 3 aromatic rings. The van der Waals surface area contributed by atoms with Crippen molar-refractivity contribution in [2.75, 3.05) is 0 Å². The van der Waals surface area contributed by atoms with E-state index in [1.54, 1.807) is 29.5 Å². The summed E-state index contributed by atoms with van der Waals surface area (Å²) < 4.78 is 5.23. The number of carbonyl (C=O) groups is 3. The van der Waals surface area contributed by atoms with Crippen LogP contribution in [0.1, 0.15) is 67.3 Å². The van der Waals surface area contributed by atoms with Gasteiger partial charge in [0, 0.05) is 16.9 Å². The van der Waals surface area contributed by atoms with Gasteiger partial charge < -0.3 is 9.73 Å². The van der Waals surface area contributed by atoms with Crippen LogP contribution in [0, 0.1) is 0 Å². The third kappa shape index (κ3) is 3.71. The number of rotatable bonds is 6. The molecule has 29 heavy (non-hydrogen) atoms. The van der Waals surface area contributed by atoms with E-state index in [0.29, 0.717) is 29.3 Å². The lowest BCUT2D eigenvalue weighted by Gasteiger charge is -2.11. The van der Waals surface area contributed by atoms with Crippen molar-refractivity contribution in [3.05, 3.63) is 75.1 Å². The van der Waals surface area contributed by atoms with Crippen molar-refractivity contribution in [1.82, 2.24) is 15.2 Å². The second-order valence-corrected chi connectivity index (χ2v) is 7.94. The Labute approximate surface area is 171 Å². The molecule has 4 rings (SSSR count). The van der Waals surface area contributed by atoms with E-state index in [-0.39, 0.29) is 18.0 Å². The Morgan fingerprint density at radius 3 is 2.69 bits per heavy atom. The largest absolute Gasteiger partial charge is 0.467 e. The smallest absolute Gasteiger partial charge is 0.261 e. The topological polar surface area (TPSA) is 92.5 Å². The summed E-state index contributed by atoms with van der Waals surface area (Å²) in [6.07, 6.45) is 1.49. The Morgan fingerprint density at radius 2 is 2.00 bits per heavy atom. The summed E-state index contributed by atoms with van der Waals surface area (Å²) in [7, 11) is 0. The Kier molecular flexibility index (Phi) is 5.02. The summed E-state index contributed by atoms with van der Waals surface area (Å²) in [5.41, 5.74) is 1.64. The van der Waals surface area contributed by atoms with Gasteiger partial charge in [0.1, 0.15) is 5.76 Å². The number of furan rings is 1. The van der Waals surface area contributed by atoms with Gasteiger partial charge in [-0.25, -0.2) is 4.98 Å². The lowest BCUT2D eigenvalue weighted by Crippen LogP contribution is -2.28. The van der Waals surface area contributed by atoms with Crippen LogP contribution in [-0.2, 0) is 13.1 Å². The summed E-state index contributed by atoms with van der Waals surface area (Å²) in [5.74, 6) is -0.291. The molecule has 0 fully saturated rings. The average molecular weight is 409 g/mol. The summed E-state index contributed by atoms with van der Waals surface area (Å²) in [6.45, 7) is 4.50. The maximum Gasteiger partial charge on any atom is 0.261 e. The molecular weight excluding hydrogens is 390 g/mol. The van der Waals surface area contributed by atoms with Gasteiger partial charge in [-0.2, -0.15) is 0 Å². The van der Waals surface area contributed by atoms with Gasteiger partial charge in [0.05, 0.1) is 41.2 Å². The van der Waals surface area contributed by atoms with Crippen LogP contribution in [0.2, 0.25) is 0 Å². The lowest BCUT2D eigenvalue weighted by molar-refractivity contribution is 0.0631. The second-order valence-electron chi connectivity index (χ2n) is 7.05. The minimum absolute atomic E-state index is 0.0584. The van der Waals surface area contributed by atoms with Crippen molar-refractivity contribution in [2.45, 2.75) is 32.9 Å². The molecule has 7 nitrogen and oxygen atoms in total. The fourth-order valence-electron chi connectivity index (χ4n) is 3.08. The van der Waals surface area contributed by atoms with Gasteiger partial charge in [-0.15, -0.1) is 11.3 Å². The van der Waals surface area contributed by atoms with E-state index in [1.165, 1.54) is 18.4 Å². The van der Waals surface area contributed by atoms with Gasteiger partial charge in [-0.1, -0.05) is 13.8 Å². The first-order valence-corrected chi connectivity index (χ1v) is 10.1.